The lowest BCUT2D eigenvalue weighted by Gasteiger charge is -2.14. The van der Waals surface area contributed by atoms with E-state index < -0.39 is 0 Å². The van der Waals surface area contributed by atoms with E-state index in [1.54, 1.807) is 13.2 Å². The summed E-state index contributed by atoms with van der Waals surface area (Å²) in [6.07, 6.45) is 0. The number of pyridine rings is 1. The van der Waals surface area contributed by atoms with E-state index in [1.807, 2.05) is 78.9 Å². The number of aromatic nitrogens is 1. The Morgan fingerprint density at radius 2 is 1.66 bits per heavy atom. The van der Waals surface area contributed by atoms with Gasteiger partial charge in [0.15, 0.2) is 5.11 Å². The summed E-state index contributed by atoms with van der Waals surface area (Å²) in [7, 11) is 1.62. The van der Waals surface area contributed by atoms with Gasteiger partial charge in [-0.25, -0.2) is 4.98 Å². The molecule has 0 atom stereocenters. The highest BCUT2D eigenvalue weighted by atomic mass is 32.1. The maximum Gasteiger partial charge on any atom is 0.270 e. The normalized spacial score (nSPS) is 10.4. The predicted octanol–water partition coefficient (Wildman–Crippen LogP) is 4.22. The monoisotopic (exact) mass is 442 g/mol. The van der Waals surface area contributed by atoms with Crippen molar-refractivity contribution < 1.29 is 9.53 Å². The molecule has 7 heteroatoms. The van der Waals surface area contributed by atoms with Gasteiger partial charge in [0.25, 0.3) is 5.91 Å². The van der Waals surface area contributed by atoms with E-state index in [1.165, 1.54) is 0 Å². The maximum atomic E-state index is 13.0. The highest BCUT2D eigenvalue weighted by Gasteiger charge is 2.14. The molecular formula is C25H22N4O2S. The fourth-order valence-electron chi connectivity index (χ4n) is 3.28. The zero-order chi connectivity index (χ0) is 22.3. The SMILES string of the molecule is COc1ccc(-c2cc(C(=O)NNC(=S)NCc3ccccc3)c3ccccc3n2)cc1. The summed E-state index contributed by atoms with van der Waals surface area (Å²) in [5, 5.41) is 4.16. The summed E-state index contributed by atoms with van der Waals surface area (Å²) in [6, 6.07) is 26.8. The number of carbonyl (C=O) groups excluding carboxylic acids is 1. The zero-order valence-electron chi connectivity index (χ0n) is 17.5. The van der Waals surface area contributed by atoms with E-state index in [0.717, 1.165) is 27.8 Å². The zero-order valence-corrected chi connectivity index (χ0v) is 18.3. The van der Waals surface area contributed by atoms with Gasteiger partial charge in [-0.15, -0.1) is 0 Å². The number of ether oxygens (including phenoxy) is 1. The lowest BCUT2D eigenvalue weighted by molar-refractivity contribution is 0.0945. The molecule has 0 fully saturated rings. The Morgan fingerprint density at radius 1 is 0.938 bits per heavy atom. The molecular weight excluding hydrogens is 420 g/mol. The van der Waals surface area contributed by atoms with Crippen LogP contribution >= 0.6 is 12.2 Å². The van der Waals surface area contributed by atoms with Crippen molar-refractivity contribution >= 4 is 34.1 Å². The summed E-state index contributed by atoms with van der Waals surface area (Å²) in [5.74, 6) is 0.454. The minimum atomic E-state index is -0.303. The van der Waals surface area contributed by atoms with E-state index in [9.17, 15) is 4.79 Å². The van der Waals surface area contributed by atoms with Crippen LogP contribution in [0.1, 0.15) is 15.9 Å². The third-order valence-electron chi connectivity index (χ3n) is 4.93. The Kier molecular flexibility index (Phi) is 6.57. The molecule has 0 aliphatic carbocycles. The second kappa shape index (κ2) is 9.89. The van der Waals surface area contributed by atoms with Crippen LogP contribution in [0.5, 0.6) is 5.75 Å². The Balaban J connectivity index is 1.51. The Bertz CT molecular complexity index is 1240. The van der Waals surface area contributed by atoms with Crippen molar-refractivity contribution in [2.75, 3.05) is 7.11 Å². The van der Waals surface area contributed by atoms with Gasteiger partial charge in [0.05, 0.1) is 23.9 Å². The maximum absolute atomic E-state index is 13.0. The van der Waals surface area contributed by atoms with Crippen molar-refractivity contribution in [1.29, 1.82) is 0 Å². The van der Waals surface area contributed by atoms with Crippen LogP contribution in [-0.4, -0.2) is 23.1 Å². The molecule has 4 rings (SSSR count). The molecule has 1 heterocycles. The summed E-state index contributed by atoms with van der Waals surface area (Å²) < 4.78 is 5.23. The number of benzene rings is 3. The Labute approximate surface area is 191 Å². The van der Waals surface area contributed by atoms with Crippen molar-refractivity contribution in [1.82, 2.24) is 21.2 Å². The van der Waals surface area contributed by atoms with Crippen LogP contribution in [0.2, 0.25) is 0 Å². The molecule has 0 spiro atoms. The lowest BCUT2D eigenvalue weighted by atomic mass is 10.0. The molecule has 0 aliphatic rings. The van der Waals surface area contributed by atoms with Gasteiger partial charge in [-0.05, 0) is 54.2 Å². The van der Waals surface area contributed by atoms with Crippen LogP contribution in [0.15, 0.2) is 84.9 Å². The van der Waals surface area contributed by atoms with Crippen molar-refractivity contribution in [3.63, 3.8) is 0 Å². The standard InChI is InChI=1S/C25H22N4O2S/c1-31-19-13-11-18(12-14-19)23-15-21(20-9-5-6-10-22(20)27-23)24(30)28-29-25(32)26-16-17-7-3-2-4-8-17/h2-15H,16H2,1H3,(H,28,30)(H2,26,29,32). The quantitative estimate of drug-likeness (QED) is 0.317. The average Bonchev–Trinajstić information content (AvgIpc) is 2.86. The van der Waals surface area contributed by atoms with Gasteiger partial charge in [0.2, 0.25) is 0 Å². The largest absolute Gasteiger partial charge is 0.497 e. The molecule has 1 aromatic heterocycles. The highest BCUT2D eigenvalue weighted by Crippen LogP contribution is 2.26. The number of rotatable bonds is 5. The van der Waals surface area contributed by atoms with Crippen molar-refractivity contribution in [3.8, 4) is 17.0 Å². The third kappa shape index (κ3) is 5.01. The number of hydrogen-bond acceptors (Lipinski definition) is 4. The number of nitrogens with zero attached hydrogens (tertiary/aromatic N) is 1. The molecule has 0 saturated carbocycles. The van der Waals surface area contributed by atoms with Crippen LogP contribution in [0.3, 0.4) is 0 Å². The van der Waals surface area contributed by atoms with Gasteiger partial charge >= 0.3 is 0 Å². The molecule has 3 N–H and O–H groups in total. The van der Waals surface area contributed by atoms with Crippen LogP contribution < -0.4 is 20.9 Å². The number of methoxy groups -OCH3 is 1. The van der Waals surface area contributed by atoms with Gasteiger partial charge in [-0.3, -0.25) is 15.6 Å². The second-order valence-electron chi connectivity index (χ2n) is 7.05. The fraction of sp³-hybridized carbons (Fsp3) is 0.0800. The minimum absolute atomic E-state index is 0.303. The topological polar surface area (TPSA) is 75.3 Å². The summed E-state index contributed by atoms with van der Waals surface area (Å²) in [5.41, 5.74) is 9.36. The Morgan fingerprint density at radius 3 is 2.41 bits per heavy atom. The molecule has 0 saturated heterocycles. The lowest BCUT2D eigenvalue weighted by Crippen LogP contribution is -2.46. The molecule has 6 nitrogen and oxygen atoms in total. The summed E-state index contributed by atoms with van der Waals surface area (Å²) in [6.45, 7) is 0.558. The van der Waals surface area contributed by atoms with E-state index in [4.69, 9.17) is 21.9 Å². The average molecular weight is 443 g/mol. The molecule has 4 aromatic rings. The fourth-order valence-corrected chi connectivity index (χ4v) is 3.40. The predicted molar refractivity (Wildman–Crippen MR) is 130 cm³/mol. The van der Waals surface area contributed by atoms with Crippen LogP contribution in [-0.2, 0) is 6.54 Å². The molecule has 0 aliphatic heterocycles. The van der Waals surface area contributed by atoms with Gasteiger partial charge < -0.3 is 10.1 Å². The first-order valence-corrected chi connectivity index (χ1v) is 10.5. The minimum Gasteiger partial charge on any atom is -0.497 e. The number of nitrogens with one attached hydrogen (secondary N) is 3. The number of amides is 1. The van der Waals surface area contributed by atoms with Crippen LogP contribution in [0.4, 0.5) is 0 Å². The first kappa shape index (κ1) is 21.3. The first-order chi connectivity index (χ1) is 15.6. The Hall–Kier alpha value is -3.97. The molecule has 32 heavy (non-hydrogen) atoms. The number of fused-ring (bicyclic) bond motifs is 1. The number of hydrazine groups is 1. The smallest absolute Gasteiger partial charge is 0.270 e. The van der Waals surface area contributed by atoms with Gasteiger partial charge in [-0.2, -0.15) is 0 Å². The number of carbonyl (C=O) groups is 1. The van der Waals surface area contributed by atoms with Crippen molar-refractivity contribution in [2.24, 2.45) is 0 Å². The number of thiocarbonyl (C=S) groups is 1. The number of para-hydroxylation sites is 1. The van der Waals surface area contributed by atoms with E-state index >= 15 is 0 Å². The summed E-state index contributed by atoms with van der Waals surface area (Å²) in [4.78, 5) is 17.7. The molecule has 160 valence electrons. The third-order valence-corrected chi connectivity index (χ3v) is 5.18. The van der Waals surface area contributed by atoms with E-state index in [-0.39, 0.29) is 5.91 Å². The van der Waals surface area contributed by atoms with Crippen LogP contribution in [0, 0.1) is 0 Å². The van der Waals surface area contributed by atoms with Gasteiger partial charge in [0, 0.05) is 17.5 Å². The highest BCUT2D eigenvalue weighted by molar-refractivity contribution is 7.80. The molecule has 1 amide bonds. The second-order valence-corrected chi connectivity index (χ2v) is 7.46. The first-order valence-electron chi connectivity index (χ1n) is 10.1. The van der Waals surface area contributed by atoms with Gasteiger partial charge in [0.1, 0.15) is 5.75 Å². The van der Waals surface area contributed by atoms with Crippen molar-refractivity contribution in [3.05, 3.63) is 96.1 Å². The summed E-state index contributed by atoms with van der Waals surface area (Å²) >= 11 is 5.28. The molecule has 0 bridgehead atoms. The number of hydrogen-bond donors (Lipinski definition) is 3. The van der Waals surface area contributed by atoms with Crippen molar-refractivity contribution in [2.45, 2.75) is 6.54 Å². The van der Waals surface area contributed by atoms with E-state index in [2.05, 4.69) is 16.2 Å². The van der Waals surface area contributed by atoms with Crippen LogP contribution in [0.25, 0.3) is 22.2 Å². The molecule has 0 unspecified atom stereocenters. The van der Waals surface area contributed by atoms with Gasteiger partial charge in [-0.1, -0.05) is 48.5 Å². The van der Waals surface area contributed by atoms with E-state index in [0.29, 0.717) is 22.9 Å². The molecule has 0 radical (unpaired) electrons. The molecule has 3 aromatic carbocycles.